The van der Waals surface area contributed by atoms with Crippen LogP contribution in [-0.2, 0) is 19.7 Å². The Morgan fingerprint density at radius 2 is 1.97 bits per heavy atom. The fourth-order valence-electron chi connectivity index (χ4n) is 3.80. The summed E-state index contributed by atoms with van der Waals surface area (Å²) in [4.78, 5) is 35.7. The number of aromatic nitrogens is 2. The van der Waals surface area contributed by atoms with Gasteiger partial charge in [0.05, 0.1) is 12.5 Å². The molecule has 0 radical (unpaired) electrons. The van der Waals surface area contributed by atoms with Crippen LogP contribution in [0.2, 0.25) is 25.7 Å². The first-order valence-corrected chi connectivity index (χ1v) is 14.2. The molecule has 2 aromatic heterocycles. The zero-order valence-electron chi connectivity index (χ0n) is 19.1. The van der Waals surface area contributed by atoms with Gasteiger partial charge < -0.3 is 9.47 Å². The molecule has 166 valence electrons. The minimum Gasteiger partial charge on any atom is -0.464 e. The van der Waals surface area contributed by atoms with E-state index in [1.54, 1.807) is 23.4 Å². The Morgan fingerprint density at radius 1 is 1.23 bits per heavy atom. The lowest BCUT2D eigenvalue weighted by Crippen LogP contribution is -2.42. The standard InChI is InChI=1S/C23H31N3O4Si/c1-16(17-9-10-19(25-14-17)21(27)29-3)23(2)18-8-7-11-24-20(18)26(22(23)28)15-30-12-13-31(4,5)6/h7-11,14,16H,12-13,15H2,1-6H3/t16-,23-/m1/s1. The minimum absolute atomic E-state index is 0.0428. The summed E-state index contributed by atoms with van der Waals surface area (Å²) in [5.41, 5.74) is 1.15. The van der Waals surface area contributed by atoms with Crippen LogP contribution in [0.25, 0.3) is 0 Å². The van der Waals surface area contributed by atoms with E-state index in [4.69, 9.17) is 9.47 Å². The van der Waals surface area contributed by atoms with Crippen LogP contribution in [0, 0.1) is 0 Å². The molecule has 0 saturated carbocycles. The van der Waals surface area contributed by atoms with E-state index < -0.39 is 19.5 Å². The smallest absolute Gasteiger partial charge is 0.356 e. The molecule has 0 aliphatic carbocycles. The number of hydrogen-bond acceptors (Lipinski definition) is 6. The van der Waals surface area contributed by atoms with Gasteiger partial charge in [-0.05, 0) is 30.7 Å². The van der Waals surface area contributed by atoms with Gasteiger partial charge in [-0.15, -0.1) is 0 Å². The Balaban J connectivity index is 1.86. The van der Waals surface area contributed by atoms with Crippen molar-refractivity contribution in [3.8, 4) is 0 Å². The van der Waals surface area contributed by atoms with E-state index in [2.05, 4.69) is 29.6 Å². The van der Waals surface area contributed by atoms with Crippen LogP contribution < -0.4 is 4.90 Å². The molecular formula is C23H31N3O4Si. The van der Waals surface area contributed by atoms with E-state index >= 15 is 0 Å². The van der Waals surface area contributed by atoms with Crippen molar-refractivity contribution in [2.24, 2.45) is 0 Å². The maximum atomic E-state index is 13.6. The van der Waals surface area contributed by atoms with Gasteiger partial charge in [0.2, 0.25) is 5.91 Å². The van der Waals surface area contributed by atoms with Gasteiger partial charge in [-0.1, -0.05) is 38.7 Å². The number of hydrogen-bond donors (Lipinski definition) is 0. The molecule has 0 N–H and O–H groups in total. The van der Waals surface area contributed by atoms with Crippen LogP contribution in [0.5, 0.6) is 0 Å². The van der Waals surface area contributed by atoms with E-state index in [0.29, 0.717) is 12.4 Å². The molecule has 31 heavy (non-hydrogen) atoms. The Morgan fingerprint density at radius 3 is 2.58 bits per heavy atom. The van der Waals surface area contributed by atoms with Gasteiger partial charge in [-0.25, -0.2) is 14.8 Å². The monoisotopic (exact) mass is 441 g/mol. The van der Waals surface area contributed by atoms with Gasteiger partial charge in [0.25, 0.3) is 0 Å². The molecule has 7 nitrogen and oxygen atoms in total. The summed E-state index contributed by atoms with van der Waals surface area (Å²) in [5.74, 6) is -0.0691. The van der Waals surface area contributed by atoms with Gasteiger partial charge in [0.1, 0.15) is 18.2 Å². The van der Waals surface area contributed by atoms with Crippen molar-refractivity contribution in [3.63, 3.8) is 0 Å². The third-order valence-electron chi connectivity index (χ3n) is 6.05. The Kier molecular flexibility index (Phi) is 6.61. The number of esters is 1. The molecule has 2 atom stereocenters. The number of pyridine rings is 2. The van der Waals surface area contributed by atoms with Crippen LogP contribution in [0.4, 0.5) is 5.82 Å². The zero-order chi connectivity index (χ0) is 22.8. The van der Waals surface area contributed by atoms with Crippen LogP contribution in [0.3, 0.4) is 0 Å². The topological polar surface area (TPSA) is 81.6 Å². The number of ether oxygens (including phenoxy) is 2. The van der Waals surface area contributed by atoms with Gasteiger partial charge in [-0.3, -0.25) is 9.69 Å². The van der Waals surface area contributed by atoms with Crippen LogP contribution in [0.15, 0.2) is 36.7 Å². The number of carbonyl (C=O) groups is 2. The SMILES string of the molecule is COC(=O)c1ccc([C@@H](C)[C@@]2(C)C(=O)N(COCC[Si](C)(C)C)c3ncccc32)cn1. The summed E-state index contributed by atoms with van der Waals surface area (Å²) in [7, 11) is 0.110. The molecule has 0 aromatic carbocycles. The van der Waals surface area contributed by atoms with Crippen molar-refractivity contribution in [2.45, 2.75) is 50.9 Å². The highest BCUT2D eigenvalue weighted by atomic mass is 28.3. The second kappa shape index (κ2) is 8.88. The largest absolute Gasteiger partial charge is 0.464 e. The molecular weight excluding hydrogens is 410 g/mol. The first kappa shape index (κ1) is 23.1. The summed E-state index contributed by atoms with van der Waals surface area (Å²) < 4.78 is 10.6. The summed E-state index contributed by atoms with van der Waals surface area (Å²) in [6, 6.07) is 8.30. The quantitative estimate of drug-likeness (QED) is 0.350. The average Bonchev–Trinajstić information content (AvgIpc) is 2.97. The molecule has 0 bridgehead atoms. The normalized spacial score (nSPS) is 19.3. The van der Waals surface area contributed by atoms with Gasteiger partial charge >= 0.3 is 5.97 Å². The van der Waals surface area contributed by atoms with E-state index in [0.717, 1.165) is 17.2 Å². The third-order valence-corrected chi connectivity index (χ3v) is 7.76. The molecule has 0 unspecified atom stereocenters. The molecule has 0 fully saturated rings. The molecule has 0 spiro atoms. The van der Waals surface area contributed by atoms with Crippen LogP contribution >= 0.6 is 0 Å². The maximum absolute atomic E-state index is 13.6. The summed E-state index contributed by atoms with van der Waals surface area (Å²) >= 11 is 0. The minimum atomic E-state index is -1.21. The van der Waals surface area contributed by atoms with Crippen molar-refractivity contribution in [1.29, 1.82) is 0 Å². The summed E-state index contributed by atoms with van der Waals surface area (Å²) in [6.45, 7) is 11.7. The second-order valence-corrected chi connectivity index (χ2v) is 15.0. The molecule has 8 heteroatoms. The van der Waals surface area contributed by atoms with Crippen molar-refractivity contribution < 1.29 is 19.1 Å². The lowest BCUT2D eigenvalue weighted by molar-refractivity contribution is -0.124. The highest BCUT2D eigenvalue weighted by Gasteiger charge is 2.52. The van der Waals surface area contributed by atoms with Crippen molar-refractivity contribution in [3.05, 3.63) is 53.5 Å². The molecule has 1 aliphatic heterocycles. The van der Waals surface area contributed by atoms with Crippen LogP contribution in [0.1, 0.15) is 41.4 Å². The van der Waals surface area contributed by atoms with E-state index in [1.807, 2.05) is 32.0 Å². The number of rotatable bonds is 8. The van der Waals surface area contributed by atoms with E-state index in [1.165, 1.54) is 7.11 Å². The first-order valence-electron chi connectivity index (χ1n) is 10.5. The number of anilines is 1. The highest BCUT2D eigenvalue weighted by molar-refractivity contribution is 6.76. The highest BCUT2D eigenvalue weighted by Crippen LogP contribution is 2.48. The van der Waals surface area contributed by atoms with Crippen molar-refractivity contribution >= 4 is 25.8 Å². The number of methoxy groups -OCH3 is 1. The van der Waals surface area contributed by atoms with Crippen LogP contribution in [-0.4, -0.2) is 50.4 Å². The van der Waals surface area contributed by atoms with E-state index in [9.17, 15) is 9.59 Å². The average molecular weight is 442 g/mol. The molecule has 2 aromatic rings. The predicted octanol–water partition coefficient (Wildman–Crippen LogP) is 3.98. The lowest BCUT2D eigenvalue weighted by atomic mass is 9.71. The maximum Gasteiger partial charge on any atom is 0.356 e. The summed E-state index contributed by atoms with van der Waals surface area (Å²) in [5, 5.41) is 0. The molecule has 1 amide bonds. The Labute approximate surface area is 184 Å². The van der Waals surface area contributed by atoms with Crippen molar-refractivity contribution in [2.75, 3.05) is 25.3 Å². The number of carbonyl (C=O) groups excluding carboxylic acids is 2. The van der Waals surface area contributed by atoms with Gasteiger partial charge in [0, 0.05) is 38.6 Å². The summed E-state index contributed by atoms with van der Waals surface area (Å²) in [6.07, 6.45) is 3.34. The van der Waals surface area contributed by atoms with E-state index in [-0.39, 0.29) is 24.2 Å². The zero-order valence-corrected chi connectivity index (χ0v) is 20.1. The number of fused-ring (bicyclic) bond motifs is 1. The second-order valence-electron chi connectivity index (χ2n) is 9.35. The number of amides is 1. The predicted molar refractivity (Wildman–Crippen MR) is 122 cm³/mol. The van der Waals surface area contributed by atoms with Gasteiger partial charge in [-0.2, -0.15) is 0 Å². The van der Waals surface area contributed by atoms with Gasteiger partial charge in [0.15, 0.2) is 0 Å². The fraction of sp³-hybridized carbons (Fsp3) is 0.478. The lowest BCUT2D eigenvalue weighted by Gasteiger charge is -2.31. The van der Waals surface area contributed by atoms with Crippen molar-refractivity contribution in [1.82, 2.24) is 9.97 Å². The molecule has 3 rings (SSSR count). The Bertz CT molecular complexity index is 958. The fourth-order valence-corrected chi connectivity index (χ4v) is 4.56. The first-order chi connectivity index (χ1) is 14.6. The Hall–Kier alpha value is -2.58. The third kappa shape index (κ3) is 4.55. The molecule has 1 aliphatic rings. The number of nitrogens with zero attached hydrogens (tertiary/aromatic N) is 3. The molecule has 0 saturated heterocycles. The molecule has 3 heterocycles.